The Bertz CT molecular complexity index is 1660. The van der Waals surface area contributed by atoms with Crippen LogP contribution in [0.3, 0.4) is 0 Å². The lowest BCUT2D eigenvalue weighted by atomic mass is 10.1. The van der Waals surface area contributed by atoms with Crippen molar-refractivity contribution in [3.05, 3.63) is 80.0 Å². The van der Waals surface area contributed by atoms with Crippen molar-refractivity contribution in [2.24, 2.45) is 0 Å². The Hall–Kier alpha value is -4.15. The Morgan fingerprint density at radius 1 is 1.08 bits per heavy atom. The van der Waals surface area contributed by atoms with Crippen LogP contribution in [0.25, 0.3) is 16.7 Å². The molecule has 1 N–H and O–H groups in total. The fourth-order valence-electron chi connectivity index (χ4n) is 4.86. The standard InChI is InChI=1S/C26H25F2N5O4/c1-2-11-31-24(36)19-9-7-15(23(35)29-17-5-3-4-6-17)12-21(19)33-25(31)30-32(26(33)37)14-22(34)18-10-8-16(27)13-20(18)28/h7-10,12-13,17H,2-6,11,14H2,1H3,(H,29,35). The van der Waals surface area contributed by atoms with Crippen molar-refractivity contribution in [1.82, 2.24) is 24.1 Å². The highest BCUT2D eigenvalue weighted by atomic mass is 19.1. The smallest absolute Gasteiger partial charge is 0.349 e. The molecule has 1 amide bonds. The molecule has 0 spiro atoms. The monoisotopic (exact) mass is 509 g/mol. The molecule has 0 unspecified atom stereocenters. The van der Waals surface area contributed by atoms with E-state index in [1.165, 1.54) is 21.1 Å². The first kappa shape index (κ1) is 24.5. The lowest BCUT2D eigenvalue weighted by Crippen LogP contribution is -2.33. The zero-order valence-electron chi connectivity index (χ0n) is 20.2. The van der Waals surface area contributed by atoms with Crippen LogP contribution in [0.4, 0.5) is 8.78 Å². The molecule has 0 bridgehead atoms. The number of nitrogens with one attached hydrogen (secondary N) is 1. The van der Waals surface area contributed by atoms with Crippen LogP contribution in [0.2, 0.25) is 0 Å². The summed E-state index contributed by atoms with van der Waals surface area (Å²) in [6.07, 6.45) is 4.48. The van der Waals surface area contributed by atoms with Gasteiger partial charge in [-0.3, -0.25) is 19.0 Å². The second kappa shape index (κ2) is 9.72. The van der Waals surface area contributed by atoms with E-state index in [1.54, 1.807) is 6.07 Å². The van der Waals surface area contributed by atoms with E-state index in [0.717, 1.165) is 42.5 Å². The molecule has 0 saturated heterocycles. The van der Waals surface area contributed by atoms with Crippen LogP contribution in [0.15, 0.2) is 46.0 Å². The molecule has 0 aliphatic heterocycles. The number of rotatable bonds is 7. The molecular weight excluding hydrogens is 484 g/mol. The normalized spacial score (nSPS) is 14.0. The van der Waals surface area contributed by atoms with Gasteiger partial charge >= 0.3 is 5.69 Å². The minimum atomic E-state index is -1.05. The third-order valence-electron chi connectivity index (χ3n) is 6.70. The lowest BCUT2D eigenvalue weighted by molar-refractivity contribution is 0.0935. The molecule has 192 valence electrons. The highest BCUT2D eigenvalue weighted by Gasteiger charge is 2.22. The first-order valence-electron chi connectivity index (χ1n) is 12.2. The van der Waals surface area contributed by atoms with Crippen LogP contribution in [-0.4, -0.2) is 36.5 Å². The summed E-state index contributed by atoms with van der Waals surface area (Å²) in [5, 5.41) is 7.43. The number of hydrogen-bond donors (Lipinski definition) is 1. The number of carbonyl (C=O) groups excluding carboxylic acids is 2. The summed E-state index contributed by atoms with van der Waals surface area (Å²) in [7, 11) is 0. The first-order chi connectivity index (χ1) is 17.8. The number of carbonyl (C=O) groups is 2. The van der Waals surface area contributed by atoms with Gasteiger partial charge in [-0.2, -0.15) is 0 Å². The number of amides is 1. The Morgan fingerprint density at radius 3 is 2.54 bits per heavy atom. The molecule has 4 aromatic rings. The van der Waals surface area contributed by atoms with Crippen LogP contribution in [0, 0.1) is 11.6 Å². The van der Waals surface area contributed by atoms with Crippen molar-refractivity contribution in [3.63, 3.8) is 0 Å². The SMILES string of the molecule is CCCn1c(=O)c2ccc(C(=O)NC3CCCC3)cc2n2c(=O)n(CC(=O)c3ccc(F)cc3F)nc12. The Kier molecular flexibility index (Phi) is 6.45. The maximum atomic E-state index is 14.1. The van der Waals surface area contributed by atoms with Gasteiger partial charge in [0, 0.05) is 24.2 Å². The average molecular weight is 510 g/mol. The number of Topliss-reactive ketones (excluding diaryl/α,β-unsaturated/α-hetero) is 1. The average Bonchev–Trinajstić information content (AvgIpc) is 3.49. The molecule has 5 rings (SSSR count). The molecule has 1 fully saturated rings. The summed E-state index contributed by atoms with van der Waals surface area (Å²) in [4.78, 5) is 52.3. The summed E-state index contributed by atoms with van der Waals surface area (Å²) < 4.78 is 30.8. The molecule has 1 aliphatic carbocycles. The van der Waals surface area contributed by atoms with Gasteiger partial charge in [0.1, 0.15) is 18.2 Å². The molecule has 2 aromatic carbocycles. The van der Waals surface area contributed by atoms with E-state index in [0.29, 0.717) is 12.5 Å². The second-order valence-electron chi connectivity index (χ2n) is 9.27. The number of aryl methyl sites for hydroxylation is 1. The predicted molar refractivity (Wildman–Crippen MR) is 132 cm³/mol. The van der Waals surface area contributed by atoms with Crippen LogP contribution in [0.5, 0.6) is 0 Å². The number of fused-ring (bicyclic) bond motifs is 3. The summed E-state index contributed by atoms with van der Waals surface area (Å²) in [5.74, 6) is -2.96. The summed E-state index contributed by atoms with van der Waals surface area (Å²) >= 11 is 0. The molecule has 1 aliphatic rings. The van der Waals surface area contributed by atoms with Crippen LogP contribution in [-0.2, 0) is 13.1 Å². The summed E-state index contributed by atoms with van der Waals surface area (Å²) in [5.41, 5.74) is -1.03. The largest absolute Gasteiger partial charge is 0.352 e. The van der Waals surface area contributed by atoms with E-state index >= 15 is 0 Å². The predicted octanol–water partition coefficient (Wildman–Crippen LogP) is 3.05. The number of aromatic nitrogens is 4. The molecule has 2 heterocycles. The first-order valence-corrected chi connectivity index (χ1v) is 12.2. The topological polar surface area (TPSA) is 107 Å². The molecule has 0 radical (unpaired) electrons. The highest BCUT2D eigenvalue weighted by Crippen LogP contribution is 2.19. The number of halogens is 2. The molecule has 2 aromatic heterocycles. The Labute approximate surface area is 209 Å². The van der Waals surface area contributed by atoms with Crippen molar-refractivity contribution in [2.75, 3.05) is 0 Å². The van der Waals surface area contributed by atoms with E-state index in [4.69, 9.17) is 0 Å². The zero-order valence-corrected chi connectivity index (χ0v) is 20.2. The molecular formula is C26H25F2N5O4. The van der Waals surface area contributed by atoms with Gasteiger partial charge in [0.05, 0.1) is 16.5 Å². The van der Waals surface area contributed by atoms with Gasteiger partial charge in [0.25, 0.3) is 11.5 Å². The minimum Gasteiger partial charge on any atom is -0.349 e. The maximum absolute atomic E-state index is 14.1. The van der Waals surface area contributed by atoms with Crippen LogP contribution >= 0.6 is 0 Å². The fraction of sp³-hybridized carbons (Fsp3) is 0.346. The Morgan fingerprint density at radius 2 is 1.84 bits per heavy atom. The number of benzene rings is 2. The lowest BCUT2D eigenvalue weighted by Gasteiger charge is -2.13. The van der Waals surface area contributed by atoms with Gasteiger partial charge in [-0.15, -0.1) is 5.10 Å². The van der Waals surface area contributed by atoms with E-state index < -0.39 is 29.7 Å². The van der Waals surface area contributed by atoms with Gasteiger partial charge in [0.2, 0.25) is 5.78 Å². The number of ketones is 1. The third kappa shape index (κ3) is 4.45. The minimum absolute atomic E-state index is 0.00470. The van der Waals surface area contributed by atoms with Crippen LogP contribution < -0.4 is 16.6 Å². The van der Waals surface area contributed by atoms with Crippen molar-refractivity contribution in [3.8, 4) is 0 Å². The Balaban J connectivity index is 1.63. The van der Waals surface area contributed by atoms with E-state index in [2.05, 4.69) is 10.4 Å². The van der Waals surface area contributed by atoms with Gasteiger partial charge in [-0.05, 0) is 49.6 Å². The molecule has 37 heavy (non-hydrogen) atoms. The highest BCUT2D eigenvalue weighted by molar-refractivity contribution is 5.98. The van der Waals surface area contributed by atoms with Crippen LogP contribution in [0.1, 0.15) is 59.7 Å². The molecule has 11 heteroatoms. The summed E-state index contributed by atoms with van der Waals surface area (Å²) in [6, 6.07) is 7.16. The van der Waals surface area contributed by atoms with Gasteiger partial charge < -0.3 is 5.32 Å². The van der Waals surface area contributed by atoms with Crippen molar-refractivity contribution < 1.29 is 18.4 Å². The van der Waals surface area contributed by atoms with E-state index in [9.17, 15) is 28.0 Å². The fourth-order valence-corrected chi connectivity index (χ4v) is 4.86. The number of hydrogen-bond acceptors (Lipinski definition) is 5. The van der Waals surface area contributed by atoms with Crippen molar-refractivity contribution in [2.45, 2.75) is 58.2 Å². The van der Waals surface area contributed by atoms with Crippen molar-refractivity contribution in [1.29, 1.82) is 0 Å². The van der Waals surface area contributed by atoms with Gasteiger partial charge in [0.15, 0.2) is 5.78 Å². The maximum Gasteiger partial charge on any atom is 0.352 e. The molecule has 1 saturated carbocycles. The van der Waals surface area contributed by atoms with E-state index in [1.807, 2.05) is 6.92 Å². The quantitative estimate of drug-likeness (QED) is 0.386. The van der Waals surface area contributed by atoms with Crippen molar-refractivity contribution >= 4 is 28.4 Å². The van der Waals surface area contributed by atoms with E-state index in [-0.39, 0.29) is 51.9 Å². The zero-order chi connectivity index (χ0) is 26.3. The molecule has 9 nitrogen and oxygen atoms in total. The number of nitrogens with zero attached hydrogens (tertiary/aromatic N) is 4. The third-order valence-corrected chi connectivity index (χ3v) is 6.70. The van der Waals surface area contributed by atoms with Gasteiger partial charge in [-0.1, -0.05) is 19.8 Å². The van der Waals surface area contributed by atoms with Gasteiger partial charge in [-0.25, -0.2) is 22.7 Å². The summed E-state index contributed by atoms with van der Waals surface area (Å²) in [6.45, 7) is 1.51. The second-order valence-corrected chi connectivity index (χ2v) is 9.27. The molecule has 0 atom stereocenters.